The third kappa shape index (κ3) is 2.08. The van der Waals surface area contributed by atoms with E-state index in [9.17, 15) is 0 Å². The first-order valence-corrected chi connectivity index (χ1v) is 4.96. The first-order valence-electron chi connectivity index (χ1n) is 4.16. The lowest BCUT2D eigenvalue weighted by molar-refractivity contribution is 0.698. The van der Waals surface area contributed by atoms with Crippen LogP contribution >= 0.6 is 15.9 Å². The maximum atomic E-state index is 5.89. The molecule has 1 atom stereocenters. The molecule has 66 valence electrons. The molecule has 0 saturated carbocycles. The minimum Gasteiger partial charge on any atom is -0.324 e. The highest BCUT2D eigenvalue weighted by atomic mass is 79.9. The van der Waals surface area contributed by atoms with Crippen molar-refractivity contribution < 1.29 is 0 Å². The van der Waals surface area contributed by atoms with E-state index >= 15 is 0 Å². The number of benzene rings is 1. The summed E-state index contributed by atoms with van der Waals surface area (Å²) >= 11 is 3.49. The van der Waals surface area contributed by atoms with Crippen molar-refractivity contribution in [2.45, 2.75) is 26.3 Å². The molecular weight excluding hydrogens is 214 g/mol. The SMILES string of the molecule is CC[C@H](N)c1ccc(C)c(Br)c1. The number of rotatable bonds is 2. The van der Waals surface area contributed by atoms with E-state index in [4.69, 9.17) is 5.73 Å². The lowest BCUT2D eigenvalue weighted by Gasteiger charge is -2.10. The summed E-state index contributed by atoms with van der Waals surface area (Å²) in [6.45, 7) is 4.17. The predicted octanol–water partition coefficient (Wildman–Crippen LogP) is 3.17. The lowest BCUT2D eigenvalue weighted by atomic mass is 10.0. The quantitative estimate of drug-likeness (QED) is 0.826. The van der Waals surface area contributed by atoms with Gasteiger partial charge in [-0.3, -0.25) is 0 Å². The van der Waals surface area contributed by atoms with Crippen molar-refractivity contribution in [2.24, 2.45) is 5.73 Å². The monoisotopic (exact) mass is 227 g/mol. The fourth-order valence-electron chi connectivity index (χ4n) is 1.08. The summed E-state index contributed by atoms with van der Waals surface area (Å²) in [6.07, 6.45) is 0.982. The fraction of sp³-hybridized carbons (Fsp3) is 0.400. The third-order valence-electron chi connectivity index (χ3n) is 2.06. The Balaban J connectivity index is 2.96. The summed E-state index contributed by atoms with van der Waals surface area (Å²) in [4.78, 5) is 0. The van der Waals surface area contributed by atoms with Crippen molar-refractivity contribution >= 4 is 15.9 Å². The zero-order chi connectivity index (χ0) is 9.14. The Morgan fingerprint density at radius 2 is 2.17 bits per heavy atom. The zero-order valence-electron chi connectivity index (χ0n) is 7.47. The molecule has 0 bridgehead atoms. The average molecular weight is 228 g/mol. The van der Waals surface area contributed by atoms with Crippen LogP contribution in [0, 0.1) is 6.92 Å². The van der Waals surface area contributed by atoms with Gasteiger partial charge in [0, 0.05) is 10.5 Å². The summed E-state index contributed by atoms with van der Waals surface area (Å²) in [7, 11) is 0. The van der Waals surface area contributed by atoms with Gasteiger partial charge in [-0.25, -0.2) is 0 Å². The van der Waals surface area contributed by atoms with Gasteiger partial charge in [0.25, 0.3) is 0 Å². The Bertz CT molecular complexity index is 271. The van der Waals surface area contributed by atoms with Crippen LogP contribution in [0.1, 0.15) is 30.5 Å². The van der Waals surface area contributed by atoms with E-state index in [2.05, 4.69) is 48.0 Å². The van der Waals surface area contributed by atoms with Gasteiger partial charge in [0.15, 0.2) is 0 Å². The summed E-state index contributed by atoms with van der Waals surface area (Å²) in [5, 5.41) is 0. The summed E-state index contributed by atoms with van der Waals surface area (Å²) in [5.74, 6) is 0. The van der Waals surface area contributed by atoms with E-state index < -0.39 is 0 Å². The molecule has 0 unspecified atom stereocenters. The molecule has 0 aliphatic rings. The standard InChI is InChI=1S/C10H14BrN/c1-3-10(12)8-5-4-7(2)9(11)6-8/h4-6,10H,3,12H2,1-2H3/t10-/m0/s1. The highest BCUT2D eigenvalue weighted by Crippen LogP contribution is 2.21. The first-order chi connectivity index (χ1) is 5.65. The van der Waals surface area contributed by atoms with Gasteiger partial charge in [0.2, 0.25) is 0 Å². The van der Waals surface area contributed by atoms with Crippen LogP contribution < -0.4 is 5.73 Å². The second-order valence-electron chi connectivity index (χ2n) is 3.02. The molecule has 0 fully saturated rings. The van der Waals surface area contributed by atoms with Crippen molar-refractivity contribution in [1.82, 2.24) is 0 Å². The van der Waals surface area contributed by atoms with Gasteiger partial charge >= 0.3 is 0 Å². The Hall–Kier alpha value is -0.340. The van der Waals surface area contributed by atoms with E-state index in [1.807, 2.05) is 0 Å². The molecule has 2 N–H and O–H groups in total. The van der Waals surface area contributed by atoms with Crippen LogP contribution in [0.4, 0.5) is 0 Å². The zero-order valence-corrected chi connectivity index (χ0v) is 9.06. The van der Waals surface area contributed by atoms with E-state index in [0.29, 0.717) is 0 Å². The number of nitrogens with two attached hydrogens (primary N) is 1. The molecule has 0 aliphatic heterocycles. The number of hydrogen-bond donors (Lipinski definition) is 1. The smallest absolute Gasteiger partial charge is 0.0292 e. The second kappa shape index (κ2) is 4.06. The molecule has 0 radical (unpaired) electrons. The molecule has 2 heteroatoms. The molecule has 12 heavy (non-hydrogen) atoms. The molecule has 0 spiro atoms. The molecule has 0 amide bonds. The van der Waals surface area contributed by atoms with Crippen molar-refractivity contribution in [3.63, 3.8) is 0 Å². The molecule has 1 aromatic rings. The Kier molecular flexibility index (Phi) is 3.29. The maximum Gasteiger partial charge on any atom is 0.0292 e. The third-order valence-corrected chi connectivity index (χ3v) is 2.92. The number of hydrogen-bond acceptors (Lipinski definition) is 1. The first kappa shape index (κ1) is 9.75. The van der Waals surface area contributed by atoms with Crippen molar-refractivity contribution in [1.29, 1.82) is 0 Å². The Morgan fingerprint density at radius 3 is 2.67 bits per heavy atom. The van der Waals surface area contributed by atoms with E-state index in [0.717, 1.165) is 10.9 Å². The van der Waals surface area contributed by atoms with Crippen molar-refractivity contribution in [3.8, 4) is 0 Å². The number of aryl methyl sites for hydroxylation is 1. The predicted molar refractivity (Wildman–Crippen MR) is 56.1 cm³/mol. The Labute approximate surface area is 82.1 Å². The van der Waals surface area contributed by atoms with Crippen LogP contribution in [0.25, 0.3) is 0 Å². The van der Waals surface area contributed by atoms with Crippen LogP contribution in [-0.2, 0) is 0 Å². The van der Waals surface area contributed by atoms with Gasteiger partial charge in [-0.2, -0.15) is 0 Å². The molecular formula is C10H14BrN. The van der Waals surface area contributed by atoms with Gasteiger partial charge in [-0.1, -0.05) is 35.0 Å². The highest BCUT2D eigenvalue weighted by Gasteiger charge is 2.03. The normalized spacial score (nSPS) is 13.0. The topological polar surface area (TPSA) is 26.0 Å². The van der Waals surface area contributed by atoms with Gasteiger partial charge in [-0.05, 0) is 30.5 Å². The summed E-state index contributed by atoms with van der Waals surface area (Å²) in [6, 6.07) is 6.45. The minimum atomic E-state index is 0.168. The molecule has 0 heterocycles. The van der Waals surface area contributed by atoms with Gasteiger partial charge < -0.3 is 5.73 Å². The summed E-state index contributed by atoms with van der Waals surface area (Å²) < 4.78 is 1.14. The molecule has 1 aromatic carbocycles. The van der Waals surface area contributed by atoms with Gasteiger partial charge in [0.1, 0.15) is 0 Å². The number of halogens is 1. The minimum absolute atomic E-state index is 0.168. The summed E-state index contributed by atoms with van der Waals surface area (Å²) in [5.41, 5.74) is 8.35. The lowest BCUT2D eigenvalue weighted by Crippen LogP contribution is -2.08. The van der Waals surface area contributed by atoms with Gasteiger partial charge in [0.05, 0.1) is 0 Å². The average Bonchev–Trinajstić information content (AvgIpc) is 2.08. The van der Waals surface area contributed by atoms with Crippen molar-refractivity contribution in [2.75, 3.05) is 0 Å². The van der Waals surface area contributed by atoms with Crippen LogP contribution in [0.2, 0.25) is 0 Å². The van der Waals surface area contributed by atoms with E-state index in [-0.39, 0.29) is 6.04 Å². The molecule has 1 nitrogen and oxygen atoms in total. The highest BCUT2D eigenvalue weighted by molar-refractivity contribution is 9.10. The van der Waals surface area contributed by atoms with E-state index in [1.54, 1.807) is 0 Å². The second-order valence-corrected chi connectivity index (χ2v) is 3.88. The molecule has 1 rings (SSSR count). The van der Waals surface area contributed by atoms with Crippen molar-refractivity contribution in [3.05, 3.63) is 33.8 Å². The molecule has 0 saturated heterocycles. The Morgan fingerprint density at radius 1 is 1.50 bits per heavy atom. The van der Waals surface area contributed by atoms with Crippen LogP contribution in [0.5, 0.6) is 0 Å². The van der Waals surface area contributed by atoms with Crippen LogP contribution in [-0.4, -0.2) is 0 Å². The van der Waals surface area contributed by atoms with Crippen LogP contribution in [0.15, 0.2) is 22.7 Å². The largest absolute Gasteiger partial charge is 0.324 e. The molecule has 0 aromatic heterocycles. The van der Waals surface area contributed by atoms with Crippen LogP contribution in [0.3, 0.4) is 0 Å². The van der Waals surface area contributed by atoms with Gasteiger partial charge in [-0.15, -0.1) is 0 Å². The molecule has 0 aliphatic carbocycles. The maximum absolute atomic E-state index is 5.89. The van der Waals surface area contributed by atoms with E-state index in [1.165, 1.54) is 11.1 Å². The fourth-order valence-corrected chi connectivity index (χ4v) is 1.47.